The molecule has 78 valence electrons. The Morgan fingerprint density at radius 1 is 1.64 bits per heavy atom. The van der Waals surface area contributed by atoms with Crippen LogP contribution in [0.3, 0.4) is 0 Å². The van der Waals surface area contributed by atoms with E-state index in [0.717, 1.165) is 24.6 Å². The largest absolute Gasteiger partial charge is 0.396 e. The van der Waals surface area contributed by atoms with E-state index < -0.39 is 0 Å². The number of aromatic nitrogens is 2. The third-order valence-electron chi connectivity index (χ3n) is 2.68. The van der Waals surface area contributed by atoms with Gasteiger partial charge in [-0.3, -0.25) is 0 Å². The van der Waals surface area contributed by atoms with Crippen LogP contribution in [-0.4, -0.2) is 35.0 Å². The van der Waals surface area contributed by atoms with E-state index in [1.54, 1.807) is 16.8 Å². The van der Waals surface area contributed by atoms with Crippen molar-refractivity contribution in [3.05, 3.63) is 5.51 Å². The molecule has 0 aliphatic carbocycles. The van der Waals surface area contributed by atoms with Gasteiger partial charge >= 0.3 is 0 Å². The van der Waals surface area contributed by atoms with Crippen molar-refractivity contribution in [2.45, 2.75) is 19.3 Å². The summed E-state index contributed by atoms with van der Waals surface area (Å²) in [7, 11) is 0. The van der Waals surface area contributed by atoms with Crippen LogP contribution >= 0.6 is 11.3 Å². The smallest absolute Gasteiger partial charge is 0.208 e. The van der Waals surface area contributed by atoms with Crippen LogP contribution in [0, 0.1) is 5.92 Å². The van der Waals surface area contributed by atoms with E-state index >= 15 is 0 Å². The average Bonchev–Trinajstić information content (AvgIpc) is 2.71. The van der Waals surface area contributed by atoms with Crippen molar-refractivity contribution in [1.82, 2.24) is 10.2 Å². The lowest BCUT2D eigenvalue weighted by Crippen LogP contribution is -2.35. The van der Waals surface area contributed by atoms with Gasteiger partial charge in [0.05, 0.1) is 0 Å². The fourth-order valence-corrected chi connectivity index (χ4v) is 2.56. The Hall–Kier alpha value is -0.680. The molecule has 4 nitrogen and oxygen atoms in total. The molecular weight excluding hydrogens is 198 g/mol. The van der Waals surface area contributed by atoms with Crippen LogP contribution in [0.15, 0.2) is 5.51 Å². The Labute approximate surface area is 87.6 Å². The Bertz CT molecular complexity index is 263. The van der Waals surface area contributed by atoms with Gasteiger partial charge < -0.3 is 10.0 Å². The van der Waals surface area contributed by atoms with E-state index in [-0.39, 0.29) is 0 Å². The minimum Gasteiger partial charge on any atom is -0.396 e. The van der Waals surface area contributed by atoms with Crippen LogP contribution in [0.4, 0.5) is 5.13 Å². The van der Waals surface area contributed by atoms with Gasteiger partial charge in [-0.2, -0.15) is 0 Å². The first-order valence-corrected chi connectivity index (χ1v) is 5.90. The van der Waals surface area contributed by atoms with Crippen LogP contribution in [0.1, 0.15) is 19.3 Å². The highest BCUT2D eigenvalue weighted by molar-refractivity contribution is 7.13. The number of anilines is 1. The highest BCUT2D eigenvalue weighted by Crippen LogP contribution is 2.25. The molecule has 1 fully saturated rings. The fourth-order valence-electron chi connectivity index (χ4n) is 1.96. The number of aliphatic hydroxyl groups excluding tert-OH is 1. The summed E-state index contributed by atoms with van der Waals surface area (Å²) in [6, 6.07) is 0. The van der Waals surface area contributed by atoms with Crippen LogP contribution in [0.2, 0.25) is 0 Å². The van der Waals surface area contributed by atoms with Gasteiger partial charge in [0, 0.05) is 19.7 Å². The molecule has 2 heterocycles. The summed E-state index contributed by atoms with van der Waals surface area (Å²) in [5.41, 5.74) is 1.77. The van der Waals surface area contributed by atoms with Crippen molar-refractivity contribution >= 4 is 16.5 Å². The second-order valence-corrected chi connectivity index (χ2v) is 4.50. The molecule has 1 aliphatic rings. The summed E-state index contributed by atoms with van der Waals surface area (Å²) in [5, 5.41) is 17.8. The van der Waals surface area contributed by atoms with Gasteiger partial charge in [0.25, 0.3) is 0 Å². The average molecular weight is 213 g/mol. The highest BCUT2D eigenvalue weighted by Gasteiger charge is 2.21. The predicted molar refractivity (Wildman–Crippen MR) is 56.5 cm³/mol. The van der Waals surface area contributed by atoms with E-state index in [1.165, 1.54) is 12.8 Å². The van der Waals surface area contributed by atoms with Crippen LogP contribution in [0.25, 0.3) is 0 Å². The van der Waals surface area contributed by atoms with Gasteiger partial charge in [-0.25, -0.2) is 0 Å². The number of rotatable bonds is 3. The van der Waals surface area contributed by atoms with E-state index in [1.807, 2.05) is 0 Å². The first kappa shape index (κ1) is 9.86. The SMILES string of the molecule is OCCC1CCCN(c2nncs2)C1. The summed E-state index contributed by atoms with van der Waals surface area (Å²) < 4.78 is 0. The van der Waals surface area contributed by atoms with Crippen LogP contribution in [-0.2, 0) is 0 Å². The van der Waals surface area contributed by atoms with E-state index in [9.17, 15) is 0 Å². The van der Waals surface area contributed by atoms with Gasteiger partial charge in [-0.1, -0.05) is 11.3 Å². The molecule has 1 N–H and O–H groups in total. The Morgan fingerprint density at radius 3 is 3.29 bits per heavy atom. The number of aliphatic hydroxyl groups is 1. The van der Waals surface area contributed by atoms with Gasteiger partial charge in [0.1, 0.15) is 5.51 Å². The summed E-state index contributed by atoms with van der Waals surface area (Å²) in [4.78, 5) is 2.28. The molecule has 14 heavy (non-hydrogen) atoms. The Morgan fingerprint density at radius 2 is 2.57 bits per heavy atom. The first-order valence-electron chi connectivity index (χ1n) is 5.02. The zero-order chi connectivity index (χ0) is 9.80. The van der Waals surface area contributed by atoms with Crippen molar-refractivity contribution < 1.29 is 5.11 Å². The second-order valence-electron chi connectivity index (χ2n) is 3.69. The third kappa shape index (κ3) is 2.22. The van der Waals surface area contributed by atoms with E-state index in [4.69, 9.17) is 5.11 Å². The van der Waals surface area contributed by atoms with Crippen molar-refractivity contribution in [2.75, 3.05) is 24.6 Å². The zero-order valence-electron chi connectivity index (χ0n) is 8.09. The zero-order valence-corrected chi connectivity index (χ0v) is 8.91. The van der Waals surface area contributed by atoms with Gasteiger partial charge in [0.2, 0.25) is 5.13 Å². The molecule has 1 aliphatic heterocycles. The van der Waals surface area contributed by atoms with Crippen molar-refractivity contribution in [2.24, 2.45) is 5.92 Å². The molecule has 0 amide bonds. The summed E-state index contributed by atoms with van der Waals surface area (Å²) >= 11 is 1.59. The monoisotopic (exact) mass is 213 g/mol. The second kappa shape index (κ2) is 4.70. The van der Waals surface area contributed by atoms with Crippen molar-refractivity contribution in [3.63, 3.8) is 0 Å². The molecule has 1 aromatic heterocycles. The molecule has 5 heteroatoms. The summed E-state index contributed by atoms with van der Waals surface area (Å²) in [6.45, 7) is 2.40. The highest BCUT2D eigenvalue weighted by atomic mass is 32.1. The Kier molecular flexibility index (Phi) is 3.31. The molecule has 0 aromatic carbocycles. The molecule has 1 unspecified atom stereocenters. The maximum absolute atomic E-state index is 8.89. The van der Waals surface area contributed by atoms with Crippen molar-refractivity contribution in [1.29, 1.82) is 0 Å². The lowest BCUT2D eigenvalue weighted by Gasteiger charge is -2.31. The molecule has 0 radical (unpaired) electrons. The molecule has 1 atom stereocenters. The van der Waals surface area contributed by atoms with E-state index in [2.05, 4.69) is 15.1 Å². The van der Waals surface area contributed by atoms with Crippen LogP contribution in [0.5, 0.6) is 0 Å². The molecule has 1 saturated heterocycles. The topological polar surface area (TPSA) is 49.2 Å². The molecule has 0 bridgehead atoms. The normalized spacial score (nSPS) is 22.6. The minimum atomic E-state index is 0.300. The van der Waals surface area contributed by atoms with Gasteiger partial charge in [0.15, 0.2) is 0 Å². The maximum Gasteiger partial charge on any atom is 0.208 e. The number of hydrogen-bond donors (Lipinski definition) is 1. The summed E-state index contributed by atoms with van der Waals surface area (Å²) in [6.07, 6.45) is 3.34. The first-order chi connectivity index (χ1) is 6.90. The molecule has 0 spiro atoms. The van der Waals surface area contributed by atoms with Gasteiger partial charge in [-0.15, -0.1) is 10.2 Å². The third-order valence-corrected chi connectivity index (χ3v) is 3.43. The fraction of sp³-hybridized carbons (Fsp3) is 0.778. The quantitative estimate of drug-likeness (QED) is 0.818. The Balaban J connectivity index is 1.94. The predicted octanol–water partition coefficient (Wildman–Crippen LogP) is 1.14. The number of piperidine rings is 1. The maximum atomic E-state index is 8.89. The number of hydrogen-bond acceptors (Lipinski definition) is 5. The van der Waals surface area contributed by atoms with Crippen LogP contribution < -0.4 is 4.90 Å². The van der Waals surface area contributed by atoms with Gasteiger partial charge in [-0.05, 0) is 25.2 Å². The van der Waals surface area contributed by atoms with Crippen molar-refractivity contribution in [3.8, 4) is 0 Å². The number of nitrogens with zero attached hydrogens (tertiary/aromatic N) is 3. The minimum absolute atomic E-state index is 0.300. The summed E-state index contributed by atoms with van der Waals surface area (Å²) in [5.74, 6) is 0.623. The molecule has 2 rings (SSSR count). The van der Waals surface area contributed by atoms with E-state index in [0.29, 0.717) is 12.5 Å². The molecular formula is C9H15N3OS. The molecule has 1 aromatic rings. The lowest BCUT2D eigenvalue weighted by atomic mass is 9.95. The molecule has 0 saturated carbocycles. The lowest BCUT2D eigenvalue weighted by molar-refractivity contribution is 0.244. The standard InChI is InChI=1S/C9H15N3OS/c13-5-3-8-2-1-4-12(6-8)9-11-10-7-14-9/h7-8,13H,1-6H2.